The van der Waals surface area contributed by atoms with Gasteiger partial charge in [-0.05, 0) is 29.9 Å². The largest absolute Gasteiger partial charge is 0.244 e. The van der Waals surface area contributed by atoms with Gasteiger partial charge in [0.1, 0.15) is 5.01 Å². The quantitative estimate of drug-likeness (QED) is 0.651. The lowest BCUT2D eigenvalue weighted by Crippen LogP contribution is -1.76. The van der Waals surface area contributed by atoms with E-state index in [1.807, 2.05) is 9.99 Å². The monoisotopic (exact) mass is 247 g/mol. The highest BCUT2D eigenvalue weighted by atomic mass is 32.2. The molecule has 0 fully saturated rings. The van der Waals surface area contributed by atoms with Crippen LogP contribution in [-0.2, 0) is 0 Å². The van der Waals surface area contributed by atoms with E-state index in [0.717, 1.165) is 16.3 Å². The molecule has 0 spiro atoms. The zero-order chi connectivity index (χ0) is 11.0. The number of nitrogens with zero attached hydrogens (tertiary/aromatic N) is 3. The van der Waals surface area contributed by atoms with Crippen LogP contribution < -0.4 is 0 Å². The lowest BCUT2D eigenvalue weighted by Gasteiger charge is -1.97. The van der Waals surface area contributed by atoms with Gasteiger partial charge in [0.15, 0.2) is 0 Å². The third-order valence-electron chi connectivity index (χ3n) is 2.31. The van der Waals surface area contributed by atoms with Gasteiger partial charge in [-0.15, -0.1) is 11.8 Å². The van der Waals surface area contributed by atoms with Crippen LogP contribution in [0.4, 0.5) is 0 Å². The van der Waals surface area contributed by atoms with Crippen LogP contribution in [0.1, 0.15) is 0 Å². The van der Waals surface area contributed by atoms with Gasteiger partial charge in [-0.2, -0.15) is 4.98 Å². The molecule has 2 aromatic heterocycles. The summed E-state index contributed by atoms with van der Waals surface area (Å²) in [6.07, 6.45) is 5.76. The Balaban J connectivity index is 2.05. The van der Waals surface area contributed by atoms with Gasteiger partial charge in [0, 0.05) is 22.9 Å². The van der Waals surface area contributed by atoms with Crippen molar-refractivity contribution in [3.05, 3.63) is 36.7 Å². The van der Waals surface area contributed by atoms with Gasteiger partial charge in [0.05, 0.1) is 0 Å². The second kappa shape index (κ2) is 3.92. The summed E-state index contributed by atoms with van der Waals surface area (Å²) in [4.78, 5) is 9.89. The van der Waals surface area contributed by atoms with Crippen molar-refractivity contribution in [1.29, 1.82) is 0 Å². The van der Waals surface area contributed by atoms with E-state index in [1.165, 1.54) is 4.90 Å². The highest BCUT2D eigenvalue weighted by molar-refractivity contribution is 7.98. The Morgan fingerprint density at radius 1 is 1.25 bits per heavy atom. The Morgan fingerprint density at radius 3 is 2.75 bits per heavy atom. The van der Waals surface area contributed by atoms with E-state index in [1.54, 1.807) is 29.5 Å². The van der Waals surface area contributed by atoms with Crippen molar-refractivity contribution < 1.29 is 0 Å². The van der Waals surface area contributed by atoms with E-state index >= 15 is 0 Å². The molecule has 1 aromatic carbocycles. The van der Waals surface area contributed by atoms with Gasteiger partial charge < -0.3 is 0 Å². The predicted octanol–water partition coefficient (Wildman–Crippen LogP) is 3.18. The Labute approximate surface area is 101 Å². The van der Waals surface area contributed by atoms with Crippen molar-refractivity contribution in [3.8, 4) is 10.6 Å². The number of hydrogen-bond donors (Lipinski definition) is 0. The molecular weight excluding hydrogens is 238 g/mol. The SMILES string of the molecule is CSc1ccc(-c2nc3nccn3s2)cc1. The minimum atomic E-state index is 0.772. The summed E-state index contributed by atoms with van der Waals surface area (Å²) in [5.74, 6) is 0.772. The van der Waals surface area contributed by atoms with E-state index in [2.05, 4.69) is 40.5 Å². The minimum absolute atomic E-state index is 0.772. The molecule has 0 saturated carbocycles. The molecule has 0 aliphatic carbocycles. The average Bonchev–Trinajstić information content (AvgIpc) is 2.89. The smallest absolute Gasteiger partial charge is 0.237 e. The van der Waals surface area contributed by atoms with Crippen molar-refractivity contribution in [2.75, 3.05) is 6.26 Å². The van der Waals surface area contributed by atoms with Gasteiger partial charge in [0.25, 0.3) is 0 Å². The summed E-state index contributed by atoms with van der Waals surface area (Å²) in [6.45, 7) is 0. The molecule has 3 nitrogen and oxygen atoms in total. The second-order valence-electron chi connectivity index (χ2n) is 3.29. The number of rotatable bonds is 2. The van der Waals surface area contributed by atoms with Gasteiger partial charge >= 0.3 is 0 Å². The molecule has 0 atom stereocenters. The van der Waals surface area contributed by atoms with Gasteiger partial charge in [0.2, 0.25) is 5.78 Å². The summed E-state index contributed by atoms with van der Waals surface area (Å²) < 4.78 is 1.97. The summed E-state index contributed by atoms with van der Waals surface area (Å²) in [5, 5.41) is 1.01. The molecule has 0 N–H and O–H groups in total. The molecule has 2 heterocycles. The second-order valence-corrected chi connectivity index (χ2v) is 5.13. The van der Waals surface area contributed by atoms with E-state index in [9.17, 15) is 0 Å². The molecule has 5 heteroatoms. The van der Waals surface area contributed by atoms with Crippen molar-refractivity contribution in [2.45, 2.75) is 4.90 Å². The Bertz CT molecular complexity index is 581. The zero-order valence-electron chi connectivity index (χ0n) is 8.62. The van der Waals surface area contributed by atoms with Crippen LogP contribution >= 0.6 is 23.3 Å². The van der Waals surface area contributed by atoms with Gasteiger partial charge in [-0.25, -0.2) is 8.77 Å². The minimum Gasteiger partial charge on any atom is -0.237 e. The molecular formula is C11H9N3S2. The number of imidazole rings is 1. The first-order valence-electron chi connectivity index (χ1n) is 4.81. The fraction of sp³-hybridized carbons (Fsp3) is 0.0909. The molecule has 0 unspecified atom stereocenters. The standard InChI is InChI=1S/C11H9N3S2/c1-15-9-4-2-8(3-5-9)10-13-11-12-6-7-14(11)16-10/h2-7H,1H3. The van der Waals surface area contributed by atoms with Crippen LogP contribution in [0.25, 0.3) is 16.3 Å². The molecule has 16 heavy (non-hydrogen) atoms. The van der Waals surface area contributed by atoms with Crippen molar-refractivity contribution in [2.24, 2.45) is 0 Å². The van der Waals surface area contributed by atoms with Crippen molar-refractivity contribution in [3.63, 3.8) is 0 Å². The van der Waals surface area contributed by atoms with Crippen molar-refractivity contribution in [1.82, 2.24) is 13.8 Å². The number of fused-ring (bicyclic) bond motifs is 1. The number of aromatic nitrogens is 3. The number of thioether (sulfide) groups is 1. The highest BCUT2D eigenvalue weighted by Gasteiger charge is 2.06. The highest BCUT2D eigenvalue weighted by Crippen LogP contribution is 2.25. The third kappa shape index (κ3) is 1.62. The van der Waals surface area contributed by atoms with Crippen LogP contribution in [-0.4, -0.2) is 20.0 Å². The lowest BCUT2D eigenvalue weighted by molar-refractivity contribution is 1.27. The molecule has 80 valence electrons. The molecule has 0 bridgehead atoms. The molecule has 0 aliphatic heterocycles. The lowest BCUT2D eigenvalue weighted by atomic mass is 10.2. The van der Waals surface area contributed by atoms with Gasteiger partial charge in [-0.3, -0.25) is 0 Å². The fourth-order valence-electron chi connectivity index (χ4n) is 1.49. The van der Waals surface area contributed by atoms with Crippen LogP contribution in [0.15, 0.2) is 41.6 Å². The predicted molar refractivity (Wildman–Crippen MR) is 68.1 cm³/mol. The van der Waals surface area contributed by atoms with E-state index in [-0.39, 0.29) is 0 Å². The van der Waals surface area contributed by atoms with Crippen molar-refractivity contribution >= 4 is 29.1 Å². The number of hydrogen-bond acceptors (Lipinski definition) is 4. The maximum absolute atomic E-state index is 4.46. The summed E-state index contributed by atoms with van der Waals surface area (Å²) in [6, 6.07) is 8.43. The fourth-order valence-corrected chi connectivity index (χ4v) is 2.73. The topological polar surface area (TPSA) is 30.2 Å². The van der Waals surface area contributed by atoms with Crippen LogP contribution in [0, 0.1) is 0 Å². The molecule has 3 aromatic rings. The third-order valence-corrected chi connectivity index (χ3v) is 4.04. The zero-order valence-corrected chi connectivity index (χ0v) is 10.3. The number of benzene rings is 1. The molecule has 0 aliphatic rings. The van der Waals surface area contributed by atoms with E-state index < -0.39 is 0 Å². The molecule has 0 amide bonds. The maximum atomic E-state index is 4.46. The Morgan fingerprint density at radius 2 is 2.06 bits per heavy atom. The van der Waals surface area contributed by atoms with Crippen LogP contribution in [0.3, 0.4) is 0 Å². The van der Waals surface area contributed by atoms with E-state index in [0.29, 0.717) is 0 Å². The molecule has 3 rings (SSSR count). The van der Waals surface area contributed by atoms with Gasteiger partial charge in [-0.1, -0.05) is 12.1 Å². The first kappa shape index (κ1) is 9.86. The molecule has 0 radical (unpaired) electrons. The van der Waals surface area contributed by atoms with Crippen LogP contribution in [0.5, 0.6) is 0 Å². The summed E-state index contributed by atoms with van der Waals surface area (Å²) >= 11 is 3.35. The average molecular weight is 247 g/mol. The maximum Gasteiger partial charge on any atom is 0.244 e. The summed E-state index contributed by atoms with van der Waals surface area (Å²) in [5.41, 5.74) is 1.15. The summed E-state index contributed by atoms with van der Waals surface area (Å²) in [7, 11) is 0. The Hall–Kier alpha value is -1.33. The van der Waals surface area contributed by atoms with E-state index in [4.69, 9.17) is 0 Å². The Kier molecular flexibility index (Phi) is 2.41. The van der Waals surface area contributed by atoms with Crippen LogP contribution in [0.2, 0.25) is 0 Å². The first-order valence-corrected chi connectivity index (χ1v) is 6.81. The first-order chi connectivity index (χ1) is 7.86. The molecule has 0 saturated heterocycles. The normalized spacial score (nSPS) is 11.1.